The van der Waals surface area contributed by atoms with Gasteiger partial charge in [0.1, 0.15) is 0 Å². The number of benzene rings is 1. The minimum atomic E-state index is -0.391. The molecule has 1 fully saturated rings. The first kappa shape index (κ1) is 11.9. The number of nitro groups is 1. The molecule has 5 nitrogen and oxygen atoms in total. The van der Waals surface area contributed by atoms with Gasteiger partial charge in [-0.15, -0.1) is 0 Å². The highest BCUT2D eigenvalue weighted by molar-refractivity contribution is 5.50. The number of rotatable bonds is 4. The van der Waals surface area contributed by atoms with Crippen LogP contribution in [0.25, 0.3) is 0 Å². The molecule has 0 saturated heterocycles. The van der Waals surface area contributed by atoms with E-state index in [0.717, 1.165) is 18.5 Å². The Morgan fingerprint density at radius 1 is 1.29 bits per heavy atom. The summed E-state index contributed by atoms with van der Waals surface area (Å²) in [6.07, 6.45) is 4.52. The maximum Gasteiger partial charge on any atom is 0.269 e. The molecule has 0 unspecified atom stereocenters. The van der Waals surface area contributed by atoms with E-state index in [1.807, 2.05) is 0 Å². The molecule has 0 atom stereocenters. The lowest BCUT2D eigenvalue weighted by molar-refractivity contribution is -0.384. The number of anilines is 1. The number of hydrogen-bond acceptors (Lipinski definition) is 4. The number of nitrogens with one attached hydrogen (secondary N) is 1. The molecule has 0 aliphatic heterocycles. The topological polar surface area (TPSA) is 81.2 Å². The number of nitro benzene ring substituents is 1. The summed E-state index contributed by atoms with van der Waals surface area (Å²) in [5, 5.41) is 14.0. The van der Waals surface area contributed by atoms with Crippen LogP contribution in [0.3, 0.4) is 0 Å². The van der Waals surface area contributed by atoms with Gasteiger partial charge in [0.25, 0.3) is 5.69 Å². The van der Waals surface area contributed by atoms with Crippen molar-refractivity contribution in [2.45, 2.75) is 31.2 Å². The van der Waals surface area contributed by atoms with Crippen molar-refractivity contribution in [3.05, 3.63) is 34.4 Å². The fourth-order valence-corrected chi connectivity index (χ4v) is 2.40. The first-order chi connectivity index (χ1) is 8.15. The highest BCUT2D eigenvalue weighted by Crippen LogP contribution is 2.32. The average Bonchev–Trinajstić information content (AvgIpc) is 2.79. The van der Waals surface area contributed by atoms with Crippen molar-refractivity contribution in [1.82, 2.24) is 0 Å². The van der Waals surface area contributed by atoms with Crippen LogP contribution in [0.1, 0.15) is 25.7 Å². The van der Waals surface area contributed by atoms with Crippen molar-refractivity contribution in [3.63, 3.8) is 0 Å². The fourth-order valence-electron chi connectivity index (χ4n) is 2.40. The summed E-state index contributed by atoms with van der Waals surface area (Å²) in [7, 11) is 0. The third kappa shape index (κ3) is 2.55. The van der Waals surface area contributed by atoms with Crippen LogP contribution in [-0.2, 0) is 0 Å². The molecule has 0 amide bonds. The zero-order valence-electron chi connectivity index (χ0n) is 9.69. The predicted octanol–water partition coefficient (Wildman–Crippen LogP) is 2.28. The smallest absolute Gasteiger partial charge is 0.269 e. The molecule has 1 saturated carbocycles. The highest BCUT2D eigenvalue weighted by Gasteiger charge is 2.32. The van der Waals surface area contributed by atoms with E-state index in [2.05, 4.69) is 5.32 Å². The summed E-state index contributed by atoms with van der Waals surface area (Å²) in [5.74, 6) is 0. The van der Waals surface area contributed by atoms with Gasteiger partial charge in [-0.25, -0.2) is 0 Å². The second-order valence-corrected chi connectivity index (χ2v) is 4.62. The summed E-state index contributed by atoms with van der Waals surface area (Å²) in [4.78, 5) is 10.2. The minimum Gasteiger partial charge on any atom is -0.378 e. The van der Waals surface area contributed by atoms with Gasteiger partial charge in [0, 0.05) is 29.9 Å². The Kier molecular flexibility index (Phi) is 3.28. The number of non-ortho nitro benzene ring substituents is 1. The van der Waals surface area contributed by atoms with E-state index in [9.17, 15) is 10.1 Å². The Balaban J connectivity index is 2.10. The molecular formula is C12H17N3O2. The molecule has 3 N–H and O–H groups in total. The van der Waals surface area contributed by atoms with E-state index in [0.29, 0.717) is 6.54 Å². The fraction of sp³-hybridized carbons (Fsp3) is 0.500. The molecule has 0 aromatic heterocycles. The van der Waals surface area contributed by atoms with Crippen molar-refractivity contribution in [1.29, 1.82) is 0 Å². The normalized spacial score (nSPS) is 17.9. The van der Waals surface area contributed by atoms with Crippen molar-refractivity contribution < 1.29 is 4.92 Å². The monoisotopic (exact) mass is 235 g/mol. The van der Waals surface area contributed by atoms with Crippen molar-refractivity contribution in [2.24, 2.45) is 5.73 Å². The summed E-state index contributed by atoms with van der Waals surface area (Å²) in [6.45, 7) is 0.601. The molecule has 0 spiro atoms. The Labute approximate surface area is 100 Å². The molecule has 1 aliphatic carbocycles. The summed E-state index contributed by atoms with van der Waals surface area (Å²) in [5.41, 5.74) is 6.83. The Morgan fingerprint density at radius 2 is 1.88 bits per heavy atom. The van der Waals surface area contributed by atoms with Crippen molar-refractivity contribution in [3.8, 4) is 0 Å². The molecule has 17 heavy (non-hydrogen) atoms. The van der Waals surface area contributed by atoms with Crippen molar-refractivity contribution >= 4 is 11.4 Å². The van der Waals surface area contributed by atoms with E-state index >= 15 is 0 Å². The Morgan fingerprint density at radius 3 is 2.35 bits per heavy atom. The van der Waals surface area contributed by atoms with Crippen LogP contribution in [0, 0.1) is 10.1 Å². The first-order valence-electron chi connectivity index (χ1n) is 5.88. The van der Waals surface area contributed by atoms with Crippen LogP contribution in [0.2, 0.25) is 0 Å². The van der Waals surface area contributed by atoms with E-state index in [-0.39, 0.29) is 11.2 Å². The molecule has 0 radical (unpaired) electrons. The summed E-state index contributed by atoms with van der Waals surface area (Å²) in [6, 6.07) is 6.52. The lowest BCUT2D eigenvalue weighted by Crippen LogP contribution is -2.42. The van der Waals surface area contributed by atoms with Crippen LogP contribution in [-0.4, -0.2) is 17.0 Å². The lowest BCUT2D eigenvalue weighted by Gasteiger charge is -2.29. The molecule has 5 heteroatoms. The predicted molar refractivity (Wildman–Crippen MR) is 67.0 cm³/mol. The van der Waals surface area contributed by atoms with Gasteiger partial charge in [0.05, 0.1) is 4.92 Å². The third-order valence-corrected chi connectivity index (χ3v) is 3.44. The average molecular weight is 235 g/mol. The molecule has 92 valence electrons. The summed E-state index contributed by atoms with van der Waals surface area (Å²) >= 11 is 0. The SMILES string of the molecule is NCC1(Nc2ccc([N+](=O)[O-])cc2)CCCC1. The zero-order chi connectivity index (χ0) is 12.3. The van der Waals surface area contributed by atoms with Gasteiger partial charge in [0.15, 0.2) is 0 Å². The molecule has 1 aliphatic rings. The van der Waals surface area contributed by atoms with Crippen LogP contribution in [0.4, 0.5) is 11.4 Å². The van der Waals surface area contributed by atoms with E-state index in [1.165, 1.54) is 25.0 Å². The van der Waals surface area contributed by atoms with Gasteiger partial charge in [-0.3, -0.25) is 10.1 Å². The van der Waals surface area contributed by atoms with Crippen LogP contribution in [0.5, 0.6) is 0 Å². The Hall–Kier alpha value is -1.62. The Bertz CT molecular complexity index is 397. The van der Waals surface area contributed by atoms with E-state index < -0.39 is 4.92 Å². The quantitative estimate of drug-likeness (QED) is 0.619. The number of nitrogens with two attached hydrogens (primary N) is 1. The summed E-state index contributed by atoms with van der Waals surface area (Å²) < 4.78 is 0. The van der Waals surface area contributed by atoms with Crippen LogP contribution >= 0.6 is 0 Å². The maximum atomic E-state index is 10.5. The first-order valence-corrected chi connectivity index (χ1v) is 5.88. The lowest BCUT2D eigenvalue weighted by atomic mass is 9.97. The van der Waals surface area contributed by atoms with Gasteiger partial charge in [0.2, 0.25) is 0 Å². The van der Waals surface area contributed by atoms with E-state index in [1.54, 1.807) is 12.1 Å². The molecule has 0 bridgehead atoms. The number of hydrogen-bond donors (Lipinski definition) is 2. The molecular weight excluding hydrogens is 218 g/mol. The van der Waals surface area contributed by atoms with Crippen LogP contribution in [0.15, 0.2) is 24.3 Å². The largest absolute Gasteiger partial charge is 0.378 e. The van der Waals surface area contributed by atoms with Gasteiger partial charge in [-0.05, 0) is 25.0 Å². The van der Waals surface area contributed by atoms with Gasteiger partial charge >= 0.3 is 0 Å². The third-order valence-electron chi connectivity index (χ3n) is 3.44. The van der Waals surface area contributed by atoms with Gasteiger partial charge in [-0.1, -0.05) is 12.8 Å². The standard InChI is InChI=1S/C12H17N3O2/c13-9-12(7-1-2-8-12)14-10-3-5-11(6-4-10)15(16)17/h3-6,14H,1-2,7-9,13H2. The van der Waals surface area contributed by atoms with Crippen LogP contribution < -0.4 is 11.1 Å². The van der Waals surface area contributed by atoms with Crippen molar-refractivity contribution in [2.75, 3.05) is 11.9 Å². The maximum absolute atomic E-state index is 10.5. The zero-order valence-corrected chi connectivity index (χ0v) is 9.69. The number of nitrogens with zero attached hydrogens (tertiary/aromatic N) is 1. The van der Waals surface area contributed by atoms with E-state index in [4.69, 9.17) is 5.73 Å². The van der Waals surface area contributed by atoms with Gasteiger partial charge in [-0.2, -0.15) is 0 Å². The van der Waals surface area contributed by atoms with Gasteiger partial charge < -0.3 is 11.1 Å². The second kappa shape index (κ2) is 4.71. The molecule has 1 aromatic carbocycles. The molecule has 0 heterocycles. The second-order valence-electron chi connectivity index (χ2n) is 4.62. The molecule has 1 aromatic rings. The minimum absolute atomic E-state index is 0.0177. The highest BCUT2D eigenvalue weighted by atomic mass is 16.6. The molecule has 2 rings (SSSR count).